The monoisotopic (exact) mass is 304 g/mol. The van der Waals surface area contributed by atoms with E-state index in [1.807, 2.05) is 6.92 Å². The van der Waals surface area contributed by atoms with Crippen LogP contribution in [0.2, 0.25) is 0 Å². The lowest BCUT2D eigenvalue weighted by molar-refractivity contribution is -0.171. The van der Waals surface area contributed by atoms with Gasteiger partial charge in [0.2, 0.25) is 5.96 Å². The van der Waals surface area contributed by atoms with E-state index in [1.165, 1.54) is 11.9 Å². The van der Waals surface area contributed by atoms with E-state index in [-0.39, 0.29) is 12.5 Å². The smallest absolute Gasteiger partial charge is 0.343 e. The maximum atomic E-state index is 12.6. The first-order chi connectivity index (χ1) is 9.66. The Morgan fingerprint density at radius 1 is 1.52 bits per heavy atom. The van der Waals surface area contributed by atoms with Gasteiger partial charge in [-0.1, -0.05) is 6.92 Å². The molecule has 4 nitrogen and oxygen atoms in total. The van der Waals surface area contributed by atoms with Crippen molar-refractivity contribution >= 4 is 12.7 Å². The number of hydrogen-bond acceptors (Lipinski definition) is 2. The van der Waals surface area contributed by atoms with Gasteiger partial charge in [-0.15, -0.1) is 0 Å². The van der Waals surface area contributed by atoms with E-state index in [4.69, 9.17) is 0 Å². The molecule has 1 heterocycles. The van der Waals surface area contributed by atoms with E-state index >= 15 is 0 Å². The standard InChI is InChI=1S/C14H23F3N4/c1-9(12-7-19-11(12)3)6-20-13(18-4)21(5)8-10(2)14(15,16)17/h6,10-12,19H,4,7-8H2,1-3,5H3/b9-6+,20-13+/t10-,11+,12?/m1/s1. The minimum Gasteiger partial charge on any atom is -0.343 e. The second-order valence-electron chi connectivity index (χ2n) is 5.59. The minimum atomic E-state index is -4.22. The number of rotatable bonds is 4. The summed E-state index contributed by atoms with van der Waals surface area (Å²) in [5, 5.41) is 3.25. The molecule has 1 fully saturated rings. The van der Waals surface area contributed by atoms with Gasteiger partial charge in [-0.25, -0.2) is 9.98 Å². The molecule has 0 aromatic heterocycles. The molecule has 1 unspecified atom stereocenters. The summed E-state index contributed by atoms with van der Waals surface area (Å²) < 4.78 is 37.7. The molecule has 120 valence electrons. The Bertz CT molecular complexity index is 428. The van der Waals surface area contributed by atoms with Gasteiger partial charge in [0.25, 0.3) is 0 Å². The summed E-state index contributed by atoms with van der Waals surface area (Å²) in [6.45, 7) is 9.26. The third kappa shape index (κ3) is 4.84. The van der Waals surface area contributed by atoms with Crippen LogP contribution in [0.3, 0.4) is 0 Å². The second kappa shape index (κ2) is 7.06. The number of alkyl halides is 3. The summed E-state index contributed by atoms with van der Waals surface area (Å²) >= 11 is 0. The van der Waals surface area contributed by atoms with Crippen LogP contribution in [0.25, 0.3) is 0 Å². The van der Waals surface area contributed by atoms with E-state index in [0.717, 1.165) is 19.0 Å². The molecule has 0 aromatic carbocycles. The fraction of sp³-hybridized carbons (Fsp3) is 0.714. The summed E-state index contributed by atoms with van der Waals surface area (Å²) in [6.07, 6.45) is -2.56. The van der Waals surface area contributed by atoms with Crippen molar-refractivity contribution in [3.05, 3.63) is 11.8 Å². The molecule has 0 amide bonds. The summed E-state index contributed by atoms with van der Waals surface area (Å²) in [6, 6.07) is 0.402. The molecule has 1 saturated heterocycles. The summed E-state index contributed by atoms with van der Waals surface area (Å²) in [5.41, 5.74) is 1.08. The normalized spacial score (nSPS) is 25.3. The zero-order valence-electron chi connectivity index (χ0n) is 12.9. The number of hydrogen-bond donors (Lipinski definition) is 1. The van der Waals surface area contributed by atoms with Crippen LogP contribution in [-0.4, -0.2) is 49.9 Å². The summed E-state index contributed by atoms with van der Waals surface area (Å²) in [5.74, 6) is -0.833. The minimum absolute atomic E-state index is 0.199. The van der Waals surface area contributed by atoms with Crippen molar-refractivity contribution in [1.82, 2.24) is 10.2 Å². The Labute approximate surface area is 123 Å². The van der Waals surface area contributed by atoms with Crippen LogP contribution in [0.4, 0.5) is 13.2 Å². The Balaban J connectivity index is 2.70. The molecule has 0 saturated carbocycles. The second-order valence-corrected chi connectivity index (χ2v) is 5.59. The van der Waals surface area contributed by atoms with Gasteiger partial charge in [-0.05, 0) is 26.1 Å². The quantitative estimate of drug-likeness (QED) is 0.641. The molecule has 0 bridgehead atoms. The van der Waals surface area contributed by atoms with Gasteiger partial charge in [-0.2, -0.15) is 13.2 Å². The summed E-state index contributed by atoms with van der Waals surface area (Å²) in [7, 11) is 1.53. The third-order valence-electron chi connectivity index (χ3n) is 3.82. The van der Waals surface area contributed by atoms with Gasteiger partial charge >= 0.3 is 6.18 Å². The van der Waals surface area contributed by atoms with Crippen LogP contribution < -0.4 is 5.32 Å². The van der Waals surface area contributed by atoms with E-state index in [0.29, 0.717) is 12.0 Å². The van der Waals surface area contributed by atoms with Crippen molar-refractivity contribution in [3.63, 3.8) is 0 Å². The zero-order valence-corrected chi connectivity index (χ0v) is 12.9. The van der Waals surface area contributed by atoms with Crippen molar-refractivity contribution in [1.29, 1.82) is 0 Å². The maximum Gasteiger partial charge on any atom is 0.393 e. The molecule has 21 heavy (non-hydrogen) atoms. The molecule has 1 aliphatic rings. The first-order valence-corrected chi connectivity index (χ1v) is 6.89. The fourth-order valence-corrected chi connectivity index (χ4v) is 2.14. The lowest BCUT2D eigenvalue weighted by Crippen LogP contribution is -2.51. The van der Waals surface area contributed by atoms with Crippen LogP contribution in [0.1, 0.15) is 20.8 Å². The first-order valence-electron chi connectivity index (χ1n) is 6.89. The number of aliphatic imine (C=N–C) groups is 2. The van der Waals surface area contributed by atoms with Gasteiger partial charge in [0, 0.05) is 38.3 Å². The van der Waals surface area contributed by atoms with Gasteiger partial charge in [0.15, 0.2) is 0 Å². The van der Waals surface area contributed by atoms with Gasteiger partial charge in [0.1, 0.15) is 0 Å². The number of guanidine groups is 1. The zero-order chi connectivity index (χ0) is 16.2. The Morgan fingerprint density at radius 3 is 2.52 bits per heavy atom. The molecule has 7 heteroatoms. The number of halogens is 3. The summed E-state index contributed by atoms with van der Waals surface area (Å²) in [4.78, 5) is 9.26. The molecule has 0 spiro atoms. The maximum absolute atomic E-state index is 12.6. The Morgan fingerprint density at radius 2 is 2.14 bits per heavy atom. The van der Waals surface area contributed by atoms with Crippen LogP contribution in [0, 0.1) is 11.8 Å². The molecule has 0 aromatic rings. The molecule has 1 N–H and O–H groups in total. The lowest BCUT2D eigenvalue weighted by Gasteiger charge is -2.36. The molecule has 3 atom stereocenters. The first kappa shape index (κ1) is 17.7. The predicted molar refractivity (Wildman–Crippen MR) is 79.5 cm³/mol. The van der Waals surface area contributed by atoms with Gasteiger partial charge < -0.3 is 10.2 Å². The van der Waals surface area contributed by atoms with E-state index in [2.05, 4.69) is 28.9 Å². The van der Waals surface area contributed by atoms with Crippen molar-refractivity contribution < 1.29 is 13.2 Å². The SMILES string of the molecule is C=N/C(=N\C=C(/C)C1CN[C@H]1C)N(C)C[C@@H](C)C(F)(F)F. The molecule has 1 aliphatic heterocycles. The van der Waals surface area contributed by atoms with Crippen LogP contribution in [-0.2, 0) is 0 Å². The fourth-order valence-electron chi connectivity index (χ4n) is 2.14. The molecule has 0 radical (unpaired) electrons. The molecular formula is C14H23F3N4. The topological polar surface area (TPSA) is 40.0 Å². The van der Waals surface area contributed by atoms with Crippen LogP contribution >= 0.6 is 0 Å². The number of nitrogens with zero attached hydrogens (tertiary/aromatic N) is 3. The van der Waals surface area contributed by atoms with Crippen molar-refractivity contribution in [2.75, 3.05) is 20.1 Å². The molecular weight excluding hydrogens is 281 g/mol. The van der Waals surface area contributed by atoms with Gasteiger partial charge in [0.05, 0.1) is 5.92 Å². The predicted octanol–water partition coefficient (Wildman–Crippen LogP) is 2.68. The van der Waals surface area contributed by atoms with E-state index < -0.39 is 12.1 Å². The van der Waals surface area contributed by atoms with Gasteiger partial charge in [-0.3, -0.25) is 0 Å². The highest BCUT2D eigenvalue weighted by Crippen LogP contribution is 2.26. The lowest BCUT2D eigenvalue weighted by atomic mass is 9.87. The molecule has 0 aliphatic carbocycles. The van der Waals surface area contributed by atoms with Crippen LogP contribution in [0.15, 0.2) is 21.8 Å². The van der Waals surface area contributed by atoms with Crippen molar-refractivity contribution in [3.8, 4) is 0 Å². The van der Waals surface area contributed by atoms with E-state index in [9.17, 15) is 13.2 Å². The number of nitrogens with one attached hydrogen (secondary N) is 1. The largest absolute Gasteiger partial charge is 0.393 e. The Hall–Kier alpha value is -1.37. The average Bonchev–Trinajstić information content (AvgIpc) is 2.36. The van der Waals surface area contributed by atoms with Crippen molar-refractivity contribution in [2.45, 2.75) is 33.0 Å². The Kier molecular flexibility index (Phi) is 5.95. The third-order valence-corrected chi connectivity index (χ3v) is 3.82. The van der Waals surface area contributed by atoms with E-state index in [1.54, 1.807) is 6.20 Å². The highest BCUT2D eigenvalue weighted by molar-refractivity contribution is 5.84. The highest BCUT2D eigenvalue weighted by Gasteiger charge is 2.36. The highest BCUT2D eigenvalue weighted by atomic mass is 19.4. The average molecular weight is 304 g/mol. The van der Waals surface area contributed by atoms with Crippen molar-refractivity contribution in [2.24, 2.45) is 21.8 Å². The molecule has 1 rings (SSSR count). The van der Waals surface area contributed by atoms with Crippen LogP contribution in [0.5, 0.6) is 0 Å².